The van der Waals surface area contributed by atoms with Gasteiger partial charge in [-0.15, -0.1) is 24.8 Å². The van der Waals surface area contributed by atoms with E-state index in [1.165, 1.54) is 23.9 Å². The molecule has 0 spiro atoms. The van der Waals surface area contributed by atoms with Crippen LogP contribution < -0.4 is 14.8 Å². The lowest BCUT2D eigenvalue weighted by molar-refractivity contribution is 0.355. The fourth-order valence-electron chi connectivity index (χ4n) is 4.23. The Hall–Kier alpha value is -1.95. The molecule has 0 bridgehead atoms. The van der Waals surface area contributed by atoms with Crippen LogP contribution in [0.1, 0.15) is 44.2 Å². The Morgan fingerprint density at radius 2 is 1.67 bits per heavy atom. The molecule has 1 fully saturated rings. The molecule has 0 saturated carbocycles. The van der Waals surface area contributed by atoms with Gasteiger partial charge in [-0.25, -0.2) is 4.98 Å². The number of piperidine rings is 1. The molecule has 3 aromatic rings. The Kier molecular flexibility index (Phi) is 8.42. The van der Waals surface area contributed by atoms with Crippen LogP contribution in [-0.4, -0.2) is 36.9 Å². The van der Waals surface area contributed by atoms with Crippen LogP contribution in [0.5, 0.6) is 11.5 Å². The summed E-state index contributed by atoms with van der Waals surface area (Å²) in [5.41, 5.74) is 4.68. The minimum atomic E-state index is 0. The highest BCUT2D eigenvalue weighted by molar-refractivity contribution is 5.85. The summed E-state index contributed by atoms with van der Waals surface area (Å²) < 4.78 is 13.2. The van der Waals surface area contributed by atoms with Crippen molar-refractivity contribution < 1.29 is 9.47 Å². The molecule has 1 aliphatic heterocycles. The Bertz CT molecular complexity index is 982. The number of rotatable bonds is 5. The molecule has 2 aromatic carbocycles. The van der Waals surface area contributed by atoms with Gasteiger partial charge in [0.2, 0.25) is 0 Å². The minimum absolute atomic E-state index is 0. The third-order valence-corrected chi connectivity index (χ3v) is 5.68. The van der Waals surface area contributed by atoms with Crippen molar-refractivity contribution >= 4 is 35.8 Å². The summed E-state index contributed by atoms with van der Waals surface area (Å²) >= 11 is 0. The zero-order valence-corrected chi connectivity index (χ0v) is 19.6. The molecular formula is C23H31Cl2N3O2. The summed E-state index contributed by atoms with van der Waals surface area (Å²) in [4.78, 5) is 5.04. The van der Waals surface area contributed by atoms with Gasteiger partial charge in [0.15, 0.2) is 11.5 Å². The predicted molar refractivity (Wildman–Crippen MR) is 128 cm³/mol. The Morgan fingerprint density at radius 3 is 2.30 bits per heavy atom. The highest BCUT2D eigenvalue weighted by atomic mass is 35.5. The number of ether oxygens (including phenoxy) is 2. The highest BCUT2D eigenvalue weighted by Crippen LogP contribution is 2.36. The van der Waals surface area contributed by atoms with Gasteiger partial charge >= 0.3 is 0 Å². The zero-order valence-electron chi connectivity index (χ0n) is 18.0. The van der Waals surface area contributed by atoms with Gasteiger partial charge in [0.05, 0.1) is 25.3 Å². The summed E-state index contributed by atoms with van der Waals surface area (Å²) in [6.45, 7) is 6.60. The van der Waals surface area contributed by atoms with E-state index in [-0.39, 0.29) is 24.8 Å². The van der Waals surface area contributed by atoms with Crippen molar-refractivity contribution in [2.75, 3.05) is 27.3 Å². The van der Waals surface area contributed by atoms with Gasteiger partial charge in [-0.05, 0) is 81.6 Å². The average Bonchev–Trinajstić information content (AvgIpc) is 3.12. The maximum Gasteiger partial charge on any atom is 0.161 e. The Balaban J connectivity index is 0.00000160. The number of nitrogens with zero attached hydrogens (tertiary/aromatic N) is 2. The lowest BCUT2D eigenvalue weighted by atomic mass is 9.90. The van der Waals surface area contributed by atoms with Crippen molar-refractivity contribution in [3.05, 3.63) is 42.0 Å². The molecule has 7 heteroatoms. The molecule has 4 rings (SSSR count). The smallest absolute Gasteiger partial charge is 0.161 e. The number of halogens is 2. The van der Waals surface area contributed by atoms with E-state index in [2.05, 4.69) is 48.0 Å². The molecule has 2 heterocycles. The standard InChI is InChI=1S/C23H29N3O2.2ClH/c1-15(2)26-20-7-5-17(16-9-11-24-12-10-16)13-19(20)25-23(26)18-6-8-21(27-3)22(14-18)28-4;;/h5-8,13-16,24H,9-12H2,1-4H3;2*1H. The number of nitrogens with one attached hydrogen (secondary N) is 1. The van der Waals surface area contributed by atoms with Crippen molar-refractivity contribution in [3.8, 4) is 22.9 Å². The number of benzene rings is 2. The maximum atomic E-state index is 5.50. The lowest BCUT2D eigenvalue weighted by Gasteiger charge is -2.23. The molecule has 0 unspecified atom stereocenters. The van der Waals surface area contributed by atoms with E-state index >= 15 is 0 Å². The van der Waals surface area contributed by atoms with Crippen LogP contribution in [0.25, 0.3) is 22.4 Å². The van der Waals surface area contributed by atoms with Crippen LogP contribution in [-0.2, 0) is 0 Å². The number of hydrogen-bond donors (Lipinski definition) is 1. The fraction of sp³-hybridized carbons (Fsp3) is 0.435. The van der Waals surface area contributed by atoms with Crippen LogP contribution in [0.3, 0.4) is 0 Å². The first kappa shape index (κ1) is 24.3. The van der Waals surface area contributed by atoms with Crippen molar-refractivity contribution in [1.29, 1.82) is 0 Å². The van der Waals surface area contributed by atoms with E-state index in [1.807, 2.05) is 12.1 Å². The Morgan fingerprint density at radius 1 is 0.967 bits per heavy atom. The van der Waals surface area contributed by atoms with Crippen molar-refractivity contribution in [3.63, 3.8) is 0 Å². The topological polar surface area (TPSA) is 48.3 Å². The van der Waals surface area contributed by atoms with Gasteiger partial charge in [-0.2, -0.15) is 0 Å². The second-order valence-corrected chi connectivity index (χ2v) is 7.74. The summed E-state index contributed by atoms with van der Waals surface area (Å²) in [6, 6.07) is 13.1. The van der Waals surface area contributed by atoms with E-state index < -0.39 is 0 Å². The molecule has 0 atom stereocenters. The van der Waals surface area contributed by atoms with Crippen LogP contribution in [0, 0.1) is 0 Å². The molecule has 30 heavy (non-hydrogen) atoms. The molecule has 0 aliphatic carbocycles. The van der Waals surface area contributed by atoms with Crippen molar-refractivity contribution in [1.82, 2.24) is 14.9 Å². The third-order valence-electron chi connectivity index (χ3n) is 5.68. The van der Waals surface area contributed by atoms with Gasteiger partial charge in [-0.3, -0.25) is 0 Å². The first-order chi connectivity index (χ1) is 13.6. The van der Waals surface area contributed by atoms with Gasteiger partial charge in [0, 0.05) is 11.6 Å². The second kappa shape index (κ2) is 10.4. The zero-order chi connectivity index (χ0) is 19.7. The molecule has 164 valence electrons. The minimum Gasteiger partial charge on any atom is -0.493 e. The third kappa shape index (κ3) is 4.53. The lowest BCUT2D eigenvalue weighted by Crippen LogP contribution is -2.26. The molecule has 5 nitrogen and oxygen atoms in total. The van der Waals surface area contributed by atoms with E-state index in [1.54, 1.807) is 14.2 Å². The molecule has 1 aliphatic rings. The van der Waals surface area contributed by atoms with Crippen LogP contribution in [0.2, 0.25) is 0 Å². The van der Waals surface area contributed by atoms with Crippen molar-refractivity contribution in [2.45, 2.75) is 38.6 Å². The van der Waals surface area contributed by atoms with Crippen LogP contribution in [0.4, 0.5) is 0 Å². The first-order valence-electron chi connectivity index (χ1n) is 10.1. The molecular weight excluding hydrogens is 421 g/mol. The molecule has 1 N–H and O–H groups in total. The van der Waals surface area contributed by atoms with E-state index in [9.17, 15) is 0 Å². The highest BCUT2D eigenvalue weighted by Gasteiger charge is 2.20. The van der Waals surface area contributed by atoms with Crippen LogP contribution in [0.15, 0.2) is 36.4 Å². The SMILES string of the molecule is COc1ccc(-c2nc3cc(C4CCNCC4)ccc3n2C(C)C)cc1OC.Cl.Cl. The molecule has 1 saturated heterocycles. The Labute approximate surface area is 191 Å². The molecule has 1 aromatic heterocycles. The number of methoxy groups -OCH3 is 2. The first-order valence-corrected chi connectivity index (χ1v) is 10.1. The quantitative estimate of drug-likeness (QED) is 0.547. The summed E-state index contributed by atoms with van der Waals surface area (Å²) in [5.74, 6) is 3.04. The van der Waals surface area contributed by atoms with E-state index in [0.29, 0.717) is 12.0 Å². The number of hydrogen-bond acceptors (Lipinski definition) is 4. The number of aromatic nitrogens is 2. The predicted octanol–water partition coefficient (Wildman–Crippen LogP) is 5.61. The van der Waals surface area contributed by atoms with Gasteiger partial charge in [0.1, 0.15) is 5.82 Å². The number of fused-ring (bicyclic) bond motifs is 1. The average molecular weight is 452 g/mol. The second-order valence-electron chi connectivity index (χ2n) is 7.74. The largest absolute Gasteiger partial charge is 0.493 e. The normalized spacial score (nSPS) is 14.3. The van der Waals surface area contributed by atoms with Gasteiger partial charge in [-0.1, -0.05) is 6.07 Å². The molecule has 0 amide bonds. The fourth-order valence-corrected chi connectivity index (χ4v) is 4.23. The molecule has 0 radical (unpaired) electrons. The summed E-state index contributed by atoms with van der Waals surface area (Å²) in [5, 5.41) is 3.45. The van der Waals surface area contributed by atoms with E-state index in [0.717, 1.165) is 41.5 Å². The maximum absolute atomic E-state index is 5.50. The van der Waals surface area contributed by atoms with Crippen LogP contribution >= 0.6 is 24.8 Å². The number of imidazole rings is 1. The monoisotopic (exact) mass is 451 g/mol. The summed E-state index contributed by atoms with van der Waals surface area (Å²) in [7, 11) is 3.32. The summed E-state index contributed by atoms with van der Waals surface area (Å²) in [6.07, 6.45) is 2.39. The van der Waals surface area contributed by atoms with Gasteiger partial charge < -0.3 is 19.4 Å². The van der Waals surface area contributed by atoms with Gasteiger partial charge in [0.25, 0.3) is 0 Å². The van der Waals surface area contributed by atoms with Crippen molar-refractivity contribution in [2.24, 2.45) is 0 Å². The van der Waals surface area contributed by atoms with E-state index in [4.69, 9.17) is 14.5 Å².